The Balaban J connectivity index is 2.81. The van der Waals surface area contributed by atoms with Crippen molar-refractivity contribution < 1.29 is 14.6 Å². The molecule has 0 aromatic heterocycles. The zero-order valence-corrected chi connectivity index (χ0v) is 11.0. The first-order valence-electron chi connectivity index (χ1n) is 5.42. The molecule has 0 heterocycles. The van der Waals surface area contributed by atoms with Crippen LogP contribution in [0.3, 0.4) is 0 Å². The van der Waals surface area contributed by atoms with Crippen LogP contribution in [-0.2, 0) is 4.79 Å². The molecule has 0 bridgehead atoms. The predicted molar refractivity (Wildman–Crippen MR) is 67.4 cm³/mol. The van der Waals surface area contributed by atoms with Gasteiger partial charge in [0.05, 0.1) is 6.61 Å². The highest BCUT2D eigenvalue weighted by Gasteiger charge is 2.30. The molecule has 1 rings (SSSR count). The summed E-state index contributed by atoms with van der Waals surface area (Å²) in [6.45, 7) is 5.03. The number of carbonyl (C=O) groups excluding carboxylic acids is 1. The van der Waals surface area contributed by atoms with E-state index in [0.29, 0.717) is 10.8 Å². The molecule has 94 valence electrons. The first kappa shape index (κ1) is 14.0. The van der Waals surface area contributed by atoms with Crippen molar-refractivity contribution in [2.75, 3.05) is 6.61 Å². The van der Waals surface area contributed by atoms with Crippen molar-refractivity contribution in [3.05, 3.63) is 29.3 Å². The SMILES string of the molecule is CC(C)(C)C(=O)C(CO)Oc1cccc(Cl)c1. The lowest BCUT2D eigenvalue weighted by atomic mass is 9.88. The molecule has 1 aromatic carbocycles. The highest BCUT2D eigenvalue weighted by molar-refractivity contribution is 6.30. The van der Waals surface area contributed by atoms with Gasteiger partial charge < -0.3 is 9.84 Å². The normalized spacial score (nSPS) is 13.2. The fraction of sp³-hybridized carbons (Fsp3) is 0.462. The van der Waals surface area contributed by atoms with Crippen LogP contribution in [0.25, 0.3) is 0 Å². The summed E-state index contributed by atoms with van der Waals surface area (Å²) < 4.78 is 5.45. The molecule has 0 aliphatic heterocycles. The Morgan fingerprint density at radius 1 is 1.47 bits per heavy atom. The van der Waals surface area contributed by atoms with Crippen LogP contribution in [-0.4, -0.2) is 23.6 Å². The molecule has 1 N–H and O–H groups in total. The van der Waals surface area contributed by atoms with Gasteiger partial charge in [-0.1, -0.05) is 38.4 Å². The van der Waals surface area contributed by atoms with E-state index in [-0.39, 0.29) is 12.4 Å². The van der Waals surface area contributed by atoms with E-state index in [2.05, 4.69) is 0 Å². The van der Waals surface area contributed by atoms with Crippen molar-refractivity contribution in [2.24, 2.45) is 5.41 Å². The van der Waals surface area contributed by atoms with Crippen LogP contribution < -0.4 is 4.74 Å². The minimum Gasteiger partial charge on any atom is -0.480 e. The Morgan fingerprint density at radius 3 is 2.59 bits per heavy atom. The molecular weight excluding hydrogens is 240 g/mol. The Hall–Kier alpha value is -1.06. The Morgan fingerprint density at radius 2 is 2.12 bits per heavy atom. The summed E-state index contributed by atoms with van der Waals surface area (Å²) >= 11 is 5.81. The average Bonchev–Trinajstić information content (AvgIpc) is 2.24. The second-order valence-corrected chi connectivity index (χ2v) is 5.30. The lowest BCUT2D eigenvalue weighted by Gasteiger charge is -2.24. The zero-order valence-electron chi connectivity index (χ0n) is 10.2. The molecule has 0 aliphatic rings. The number of aliphatic hydroxyl groups is 1. The summed E-state index contributed by atoms with van der Waals surface area (Å²) in [5, 5.41) is 9.74. The molecule has 0 saturated heterocycles. The van der Waals surface area contributed by atoms with E-state index >= 15 is 0 Å². The van der Waals surface area contributed by atoms with Gasteiger partial charge >= 0.3 is 0 Å². The number of Topliss-reactive ketones (excluding diaryl/α,β-unsaturated/α-hetero) is 1. The molecule has 1 atom stereocenters. The summed E-state index contributed by atoms with van der Waals surface area (Å²) in [6.07, 6.45) is -0.853. The van der Waals surface area contributed by atoms with Crippen LogP contribution in [0.4, 0.5) is 0 Å². The second kappa shape index (κ2) is 5.52. The van der Waals surface area contributed by atoms with Crippen molar-refractivity contribution in [1.82, 2.24) is 0 Å². The van der Waals surface area contributed by atoms with E-state index in [1.807, 2.05) is 0 Å². The number of halogens is 1. The Bertz CT molecular complexity index is 396. The number of aliphatic hydroxyl groups excluding tert-OH is 1. The van der Waals surface area contributed by atoms with Gasteiger partial charge in [-0.15, -0.1) is 0 Å². The Kier molecular flexibility index (Phi) is 4.54. The third-order valence-electron chi connectivity index (χ3n) is 2.27. The highest BCUT2D eigenvalue weighted by Crippen LogP contribution is 2.22. The fourth-order valence-electron chi connectivity index (χ4n) is 1.36. The van der Waals surface area contributed by atoms with Crippen LogP contribution in [0.5, 0.6) is 5.75 Å². The molecule has 4 heteroatoms. The van der Waals surface area contributed by atoms with Gasteiger partial charge in [-0.25, -0.2) is 0 Å². The molecular formula is C13H17ClO3. The van der Waals surface area contributed by atoms with Gasteiger partial charge in [-0.05, 0) is 18.2 Å². The highest BCUT2D eigenvalue weighted by atomic mass is 35.5. The van der Waals surface area contributed by atoms with Gasteiger partial charge in [0.1, 0.15) is 5.75 Å². The van der Waals surface area contributed by atoms with Crippen molar-refractivity contribution in [3.8, 4) is 5.75 Å². The van der Waals surface area contributed by atoms with E-state index in [4.69, 9.17) is 16.3 Å². The minimum atomic E-state index is -0.853. The first-order valence-corrected chi connectivity index (χ1v) is 5.80. The van der Waals surface area contributed by atoms with E-state index in [9.17, 15) is 9.90 Å². The number of ketones is 1. The van der Waals surface area contributed by atoms with E-state index in [0.717, 1.165) is 0 Å². The summed E-state index contributed by atoms with van der Waals surface area (Å²) in [4.78, 5) is 12.0. The van der Waals surface area contributed by atoms with Crippen molar-refractivity contribution in [2.45, 2.75) is 26.9 Å². The minimum absolute atomic E-state index is 0.139. The van der Waals surface area contributed by atoms with E-state index < -0.39 is 11.5 Å². The maximum absolute atomic E-state index is 12.0. The number of rotatable bonds is 4. The van der Waals surface area contributed by atoms with Gasteiger partial charge in [0.2, 0.25) is 0 Å². The first-order chi connectivity index (χ1) is 7.84. The third-order valence-corrected chi connectivity index (χ3v) is 2.51. The molecule has 3 nitrogen and oxygen atoms in total. The smallest absolute Gasteiger partial charge is 0.180 e. The van der Waals surface area contributed by atoms with E-state index in [1.165, 1.54) is 0 Å². The number of ether oxygens (including phenoxy) is 1. The summed E-state index contributed by atoms with van der Waals surface area (Å²) in [6, 6.07) is 6.76. The molecule has 17 heavy (non-hydrogen) atoms. The topological polar surface area (TPSA) is 46.5 Å². The zero-order chi connectivity index (χ0) is 13.1. The molecule has 0 radical (unpaired) electrons. The lowest BCUT2D eigenvalue weighted by Crippen LogP contribution is -2.39. The number of hydrogen-bond donors (Lipinski definition) is 1. The van der Waals surface area contributed by atoms with Gasteiger partial charge in [-0.3, -0.25) is 4.79 Å². The van der Waals surface area contributed by atoms with Gasteiger partial charge in [0.15, 0.2) is 11.9 Å². The number of benzene rings is 1. The molecule has 0 aliphatic carbocycles. The number of hydrogen-bond acceptors (Lipinski definition) is 3. The second-order valence-electron chi connectivity index (χ2n) is 4.86. The summed E-state index contributed by atoms with van der Waals surface area (Å²) in [5.41, 5.74) is -0.550. The van der Waals surface area contributed by atoms with Crippen LogP contribution in [0.1, 0.15) is 20.8 Å². The fourth-order valence-corrected chi connectivity index (χ4v) is 1.54. The summed E-state index contributed by atoms with van der Waals surface area (Å²) in [5.74, 6) is 0.342. The average molecular weight is 257 g/mol. The largest absolute Gasteiger partial charge is 0.480 e. The number of carbonyl (C=O) groups is 1. The van der Waals surface area contributed by atoms with Gasteiger partial charge in [0, 0.05) is 10.4 Å². The molecule has 0 spiro atoms. The van der Waals surface area contributed by atoms with Crippen LogP contribution in [0.15, 0.2) is 24.3 Å². The van der Waals surface area contributed by atoms with Crippen molar-refractivity contribution >= 4 is 17.4 Å². The maximum atomic E-state index is 12.0. The van der Waals surface area contributed by atoms with Gasteiger partial charge in [-0.2, -0.15) is 0 Å². The van der Waals surface area contributed by atoms with Crippen LogP contribution in [0.2, 0.25) is 5.02 Å². The monoisotopic (exact) mass is 256 g/mol. The molecule has 0 fully saturated rings. The standard InChI is InChI=1S/C13H17ClO3/c1-13(2,3)12(16)11(8-15)17-10-6-4-5-9(14)7-10/h4-7,11,15H,8H2,1-3H3. The maximum Gasteiger partial charge on any atom is 0.180 e. The van der Waals surface area contributed by atoms with Crippen LogP contribution >= 0.6 is 11.6 Å². The van der Waals surface area contributed by atoms with Crippen molar-refractivity contribution in [1.29, 1.82) is 0 Å². The lowest BCUT2D eigenvalue weighted by molar-refractivity contribution is -0.135. The third kappa shape index (κ3) is 4.02. The Labute approximate surface area is 106 Å². The van der Waals surface area contributed by atoms with Crippen molar-refractivity contribution in [3.63, 3.8) is 0 Å². The molecule has 0 amide bonds. The quantitative estimate of drug-likeness (QED) is 0.901. The van der Waals surface area contributed by atoms with Gasteiger partial charge in [0.25, 0.3) is 0 Å². The van der Waals surface area contributed by atoms with E-state index in [1.54, 1.807) is 45.0 Å². The van der Waals surface area contributed by atoms with Crippen LogP contribution in [0, 0.1) is 5.41 Å². The predicted octanol–water partition coefficient (Wildman–Crippen LogP) is 2.69. The molecule has 0 saturated carbocycles. The summed E-state index contributed by atoms with van der Waals surface area (Å²) in [7, 11) is 0. The molecule has 1 unspecified atom stereocenters. The molecule has 1 aromatic rings.